The maximum Gasteiger partial charge on any atom is 0.124 e. The molecule has 0 saturated carbocycles. The van der Waals surface area contributed by atoms with E-state index in [1.54, 1.807) is 0 Å². The zero-order chi connectivity index (χ0) is 15.1. The fourth-order valence-corrected chi connectivity index (χ4v) is 2.04. The van der Waals surface area contributed by atoms with E-state index >= 15 is 0 Å². The highest BCUT2D eigenvalue weighted by atomic mass is 35.5. The molecule has 2 N–H and O–H groups in total. The second-order valence-corrected chi connectivity index (χ2v) is 5.07. The van der Waals surface area contributed by atoms with Crippen molar-refractivity contribution in [2.45, 2.75) is 12.7 Å². The lowest BCUT2D eigenvalue weighted by Crippen LogP contribution is -2.24. The predicted octanol–water partition coefficient (Wildman–Crippen LogP) is 3.47. The number of rotatable bonds is 7. The lowest BCUT2D eigenvalue weighted by molar-refractivity contribution is 0.0348. The summed E-state index contributed by atoms with van der Waals surface area (Å²) in [4.78, 5) is 0. The van der Waals surface area contributed by atoms with Crippen LogP contribution >= 0.6 is 11.6 Å². The number of aliphatic hydroxyl groups excluding tert-OH is 1. The molecule has 0 aliphatic carbocycles. The number of hydrogen-bond donors (Lipinski definition) is 2. The summed E-state index contributed by atoms with van der Waals surface area (Å²) in [6, 6.07) is 13.8. The summed E-state index contributed by atoms with van der Waals surface area (Å²) in [6.07, 6.45) is -0.671. The Morgan fingerprint density at radius 1 is 1.19 bits per heavy atom. The molecule has 5 heteroatoms. The molecule has 3 nitrogen and oxygen atoms in total. The topological polar surface area (TPSA) is 41.5 Å². The summed E-state index contributed by atoms with van der Waals surface area (Å²) in [5.41, 5.74) is 1.64. The van der Waals surface area contributed by atoms with Crippen molar-refractivity contribution in [2.24, 2.45) is 0 Å². The van der Waals surface area contributed by atoms with Crippen LogP contribution in [0.1, 0.15) is 5.56 Å². The molecule has 1 atom stereocenters. The van der Waals surface area contributed by atoms with Crippen molar-refractivity contribution in [2.75, 3.05) is 18.5 Å². The van der Waals surface area contributed by atoms with Gasteiger partial charge in [-0.25, -0.2) is 4.39 Å². The highest BCUT2D eigenvalue weighted by Crippen LogP contribution is 2.22. The van der Waals surface area contributed by atoms with Crippen LogP contribution in [-0.4, -0.2) is 24.4 Å². The van der Waals surface area contributed by atoms with E-state index in [4.69, 9.17) is 16.3 Å². The van der Waals surface area contributed by atoms with Gasteiger partial charge in [0.1, 0.15) is 5.82 Å². The second-order valence-electron chi connectivity index (χ2n) is 4.66. The maximum absolute atomic E-state index is 12.9. The monoisotopic (exact) mass is 309 g/mol. The Hall–Kier alpha value is -1.62. The van der Waals surface area contributed by atoms with E-state index in [-0.39, 0.29) is 18.2 Å². The van der Waals surface area contributed by atoms with E-state index in [9.17, 15) is 9.50 Å². The number of aliphatic hydroxyl groups is 1. The predicted molar refractivity (Wildman–Crippen MR) is 82.0 cm³/mol. The fraction of sp³-hybridized carbons (Fsp3) is 0.250. The van der Waals surface area contributed by atoms with Crippen LogP contribution in [-0.2, 0) is 11.3 Å². The van der Waals surface area contributed by atoms with Gasteiger partial charge < -0.3 is 15.2 Å². The van der Waals surface area contributed by atoms with Crippen LogP contribution in [0, 0.1) is 5.82 Å². The first kappa shape index (κ1) is 15.8. The molecule has 0 amide bonds. The van der Waals surface area contributed by atoms with Crippen molar-refractivity contribution in [3.63, 3.8) is 0 Å². The normalized spacial score (nSPS) is 12.1. The first-order valence-electron chi connectivity index (χ1n) is 6.64. The van der Waals surface area contributed by atoms with Crippen molar-refractivity contribution in [1.29, 1.82) is 0 Å². The molecule has 112 valence electrons. The first-order chi connectivity index (χ1) is 10.1. The molecular formula is C16H17ClFNO2. The molecule has 2 aromatic rings. The van der Waals surface area contributed by atoms with E-state index in [1.165, 1.54) is 18.2 Å². The van der Waals surface area contributed by atoms with Gasteiger partial charge in [-0.3, -0.25) is 0 Å². The lowest BCUT2D eigenvalue weighted by Gasteiger charge is -2.14. The third-order valence-electron chi connectivity index (χ3n) is 2.88. The third kappa shape index (κ3) is 5.34. The summed E-state index contributed by atoms with van der Waals surface area (Å²) in [7, 11) is 0. The summed E-state index contributed by atoms with van der Waals surface area (Å²) >= 11 is 5.88. The highest BCUT2D eigenvalue weighted by Gasteiger charge is 2.07. The SMILES string of the molecule is OC(CNc1ccc(F)cc1Cl)COCc1ccccc1. The zero-order valence-corrected chi connectivity index (χ0v) is 12.2. The van der Waals surface area contributed by atoms with Gasteiger partial charge in [-0.2, -0.15) is 0 Å². The van der Waals surface area contributed by atoms with Crippen LogP contribution < -0.4 is 5.32 Å². The van der Waals surface area contributed by atoms with Gasteiger partial charge in [0.15, 0.2) is 0 Å². The maximum atomic E-state index is 12.9. The van der Waals surface area contributed by atoms with Crippen LogP contribution in [0.4, 0.5) is 10.1 Å². The fourth-order valence-electron chi connectivity index (χ4n) is 1.81. The highest BCUT2D eigenvalue weighted by molar-refractivity contribution is 6.33. The standard InChI is InChI=1S/C16H17ClFNO2/c17-15-8-13(18)6-7-16(15)19-9-14(20)11-21-10-12-4-2-1-3-5-12/h1-8,14,19-20H,9-11H2. The summed E-state index contributed by atoms with van der Waals surface area (Å²) < 4.78 is 18.3. The van der Waals surface area contributed by atoms with Crippen molar-refractivity contribution >= 4 is 17.3 Å². The minimum atomic E-state index is -0.671. The number of benzene rings is 2. The number of ether oxygens (including phenoxy) is 1. The smallest absolute Gasteiger partial charge is 0.124 e. The minimum absolute atomic E-state index is 0.209. The molecule has 0 fully saturated rings. The molecule has 0 aliphatic heterocycles. The number of hydrogen-bond acceptors (Lipinski definition) is 3. The molecule has 2 aromatic carbocycles. The van der Waals surface area contributed by atoms with E-state index in [0.717, 1.165) is 5.56 Å². The van der Waals surface area contributed by atoms with Gasteiger partial charge in [0.05, 0.1) is 30.0 Å². The average molecular weight is 310 g/mol. The molecular weight excluding hydrogens is 293 g/mol. The number of anilines is 1. The average Bonchev–Trinajstić information content (AvgIpc) is 2.47. The molecule has 0 radical (unpaired) electrons. The Kier molecular flexibility index (Phi) is 5.99. The van der Waals surface area contributed by atoms with E-state index in [2.05, 4.69) is 5.32 Å². The molecule has 0 heterocycles. The van der Waals surface area contributed by atoms with Gasteiger partial charge in [-0.15, -0.1) is 0 Å². The molecule has 0 aromatic heterocycles. The van der Waals surface area contributed by atoms with Gasteiger partial charge in [0.2, 0.25) is 0 Å². The van der Waals surface area contributed by atoms with E-state index in [0.29, 0.717) is 12.3 Å². The lowest BCUT2D eigenvalue weighted by atomic mass is 10.2. The molecule has 0 spiro atoms. The quantitative estimate of drug-likeness (QED) is 0.823. The summed E-state index contributed by atoms with van der Waals surface area (Å²) in [5, 5.41) is 13.1. The number of nitrogens with one attached hydrogen (secondary N) is 1. The largest absolute Gasteiger partial charge is 0.389 e. The zero-order valence-electron chi connectivity index (χ0n) is 11.4. The molecule has 0 bridgehead atoms. The Morgan fingerprint density at radius 2 is 1.95 bits per heavy atom. The van der Waals surface area contributed by atoms with Gasteiger partial charge >= 0.3 is 0 Å². The summed E-state index contributed by atoms with van der Waals surface area (Å²) in [6.45, 7) is 0.941. The van der Waals surface area contributed by atoms with Crippen molar-refractivity contribution < 1.29 is 14.2 Å². The Morgan fingerprint density at radius 3 is 2.67 bits per heavy atom. The van der Waals surface area contributed by atoms with Crippen molar-refractivity contribution in [3.8, 4) is 0 Å². The van der Waals surface area contributed by atoms with Gasteiger partial charge in [0.25, 0.3) is 0 Å². The van der Waals surface area contributed by atoms with Gasteiger partial charge in [-0.1, -0.05) is 41.9 Å². The van der Waals surface area contributed by atoms with Gasteiger partial charge in [-0.05, 0) is 23.8 Å². The Bertz CT molecular complexity index is 565. The second kappa shape index (κ2) is 7.98. The Balaban J connectivity index is 1.71. The van der Waals surface area contributed by atoms with E-state index < -0.39 is 11.9 Å². The molecule has 0 saturated heterocycles. The molecule has 0 aliphatic rings. The van der Waals surface area contributed by atoms with Crippen molar-refractivity contribution in [1.82, 2.24) is 0 Å². The molecule has 1 unspecified atom stereocenters. The van der Waals surface area contributed by atoms with Crippen molar-refractivity contribution in [3.05, 3.63) is 64.9 Å². The van der Waals surface area contributed by atoms with Crippen LogP contribution in [0.25, 0.3) is 0 Å². The van der Waals surface area contributed by atoms with Crippen LogP contribution in [0.3, 0.4) is 0 Å². The summed E-state index contributed by atoms with van der Waals surface area (Å²) in [5.74, 6) is -0.391. The number of halogens is 2. The minimum Gasteiger partial charge on any atom is -0.389 e. The van der Waals surface area contributed by atoms with Crippen LogP contribution in [0.15, 0.2) is 48.5 Å². The first-order valence-corrected chi connectivity index (χ1v) is 7.01. The molecule has 2 rings (SSSR count). The van der Waals surface area contributed by atoms with Crippen LogP contribution in [0.2, 0.25) is 5.02 Å². The van der Waals surface area contributed by atoms with Gasteiger partial charge in [0, 0.05) is 6.54 Å². The van der Waals surface area contributed by atoms with E-state index in [1.807, 2.05) is 30.3 Å². The molecule has 21 heavy (non-hydrogen) atoms. The Labute approximate surface area is 128 Å². The third-order valence-corrected chi connectivity index (χ3v) is 3.19. The van der Waals surface area contributed by atoms with Crippen LogP contribution in [0.5, 0.6) is 0 Å².